The molecule has 0 bridgehead atoms. The molecule has 10 heteroatoms. The van der Waals surface area contributed by atoms with E-state index in [4.69, 9.17) is 39.5 Å². The highest BCUT2D eigenvalue weighted by Gasteiger charge is 2.28. The number of halogens is 4. The molecule has 0 saturated carbocycles. The summed E-state index contributed by atoms with van der Waals surface area (Å²) in [5.74, 6) is 0.644. The van der Waals surface area contributed by atoms with Crippen molar-refractivity contribution in [2.24, 2.45) is 0 Å². The molecule has 200 valence electrons. The van der Waals surface area contributed by atoms with Gasteiger partial charge >= 0.3 is 0 Å². The van der Waals surface area contributed by atoms with Crippen molar-refractivity contribution >= 4 is 62.9 Å². The Morgan fingerprint density at radius 2 is 1.54 bits per heavy atom. The van der Waals surface area contributed by atoms with Crippen molar-refractivity contribution in [3.63, 3.8) is 0 Å². The minimum absolute atomic E-state index is 0. The van der Waals surface area contributed by atoms with Crippen LogP contribution in [0.1, 0.15) is 31.2 Å². The van der Waals surface area contributed by atoms with Crippen molar-refractivity contribution < 1.29 is 13.2 Å². The van der Waals surface area contributed by atoms with E-state index < -0.39 is 10.0 Å². The molecule has 3 aromatic carbocycles. The Morgan fingerprint density at radius 3 is 2.27 bits per heavy atom. The van der Waals surface area contributed by atoms with E-state index in [1.807, 2.05) is 24.3 Å². The van der Waals surface area contributed by atoms with Crippen molar-refractivity contribution in [1.29, 1.82) is 0 Å². The monoisotopic (exact) mass is 602 g/mol. The summed E-state index contributed by atoms with van der Waals surface area (Å²) in [6.45, 7) is 3.86. The molecule has 1 fully saturated rings. The second-order valence-corrected chi connectivity index (χ2v) is 11.9. The third kappa shape index (κ3) is 7.92. The minimum Gasteiger partial charge on any atom is -0.493 e. The zero-order chi connectivity index (χ0) is 25.5. The largest absolute Gasteiger partial charge is 0.493 e. The predicted molar refractivity (Wildman–Crippen MR) is 155 cm³/mol. The van der Waals surface area contributed by atoms with Gasteiger partial charge in [0.1, 0.15) is 5.75 Å². The average molecular weight is 604 g/mol. The van der Waals surface area contributed by atoms with Crippen LogP contribution in [0.25, 0.3) is 0 Å². The van der Waals surface area contributed by atoms with E-state index in [2.05, 4.69) is 4.90 Å². The van der Waals surface area contributed by atoms with Gasteiger partial charge in [0, 0.05) is 22.2 Å². The highest BCUT2D eigenvalue weighted by atomic mass is 35.5. The lowest BCUT2D eigenvalue weighted by molar-refractivity contribution is 0.204. The molecule has 5 nitrogen and oxygen atoms in total. The summed E-state index contributed by atoms with van der Waals surface area (Å²) in [5, 5.41) is 1.11. The number of hydrogen-bond donors (Lipinski definition) is 0. The molecule has 0 aliphatic carbocycles. The normalized spacial score (nSPS) is 14.1. The molecule has 0 radical (unpaired) electrons. The number of likely N-dealkylation sites (tertiary alicyclic amines) is 1. The molecule has 0 amide bonds. The second kappa shape index (κ2) is 13.9. The van der Waals surface area contributed by atoms with E-state index in [0.29, 0.717) is 28.1 Å². The number of piperidine rings is 1. The fraction of sp³-hybridized carbons (Fsp3) is 0.333. The Kier molecular flexibility index (Phi) is 11.2. The number of benzene rings is 3. The Balaban J connectivity index is 0.00000380. The van der Waals surface area contributed by atoms with Gasteiger partial charge in [-0.2, -0.15) is 0 Å². The van der Waals surface area contributed by atoms with Crippen LogP contribution in [0.3, 0.4) is 0 Å². The minimum atomic E-state index is -4.00. The van der Waals surface area contributed by atoms with E-state index in [-0.39, 0.29) is 28.9 Å². The topological polar surface area (TPSA) is 49.9 Å². The lowest BCUT2D eigenvalue weighted by atomic mass is 10.1. The second-order valence-electron chi connectivity index (χ2n) is 8.77. The summed E-state index contributed by atoms with van der Waals surface area (Å²) in [6.07, 6.45) is 4.73. The standard InChI is InChI=1S/C27H29Cl3N2O3S.ClH/c28-22-9-12-24(13-10-22)36(33,34)32(26-19-23(29)11-14-25(26)30)20-21-7-2-3-8-27(21)35-18-6-17-31-15-4-1-5-16-31;/h2-3,7-14,19H,1,4-6,15-18,20H2;1H. The Labute approximate surface area is 240 Å². The molecule has 0 unspecified atom stereocenters. The Morgan fingerprint density at radius 1 is 0.865 bits per heavy atom. The van der Waals surface area contributed by atoms with Crippen molar-refractivity contribution in [2.75, 3.05) is 30.5 Å². The zero-order valence-corrected chi connectivity index (χ0v) is 24.2. The van der Waals surface area contributed by atoms with Crippen LogP contribution < -0.4 is 9.04 Å². The number of para-hydroxylation sites is 1. The lowest BCUT2D eigenvalue weighted by Gasteiger charge is -2.27. The molecule has 0 spiro atoms. The maximum absolute atomic E-state index is 13.8. The molecule has 3 aromatic rings. The third-order valence-corrected chi connectivity index (χ3v) is 8.77. The summed E-state index contributed by atoms with van der Waals surface area (Å²) in [7, 11) is -4.00. The van der Waals surface area contributed by atoms with Gasteiger partial charge in [-0.3, -0.25) is 4.31 Å². The molecule has 0 N–H and O–H groups in total. The maximum Gasteiger partial charge on any atom is 0.264 e. The van der Waals surface area contributed by atoms with Gasteiger partial charge in [0.25, 0.3) is 10.0 Å². The van der Waals surface area contributed by atoms with Gasteiger partial charge in [0.2, 0.25) is 0 Å². The number of ether oxygens (including phenoxy) is 1. The Bertz CT molecular complexity index is 1270. The van der Waals surface area contributed by atoms with Crippen LogP contribution >= 0.6 is 47.2 Å². The number of hydrogen-bond acceptors (Lipinski definition) is 4. The van der Waals surface area contributed by atoms with Crippen LogP contribution in [0.15, 0.2) is 71.6 Å². The van der Waals surface area contributed by atoms with E-state index in [9.17, 15) is 8.42 Å². The first-order chi connectivity index (χ1) is 17.3. The van der Waals surface area contributed by atoms with Crippen LogP contribution in [0, 0.1) is 0 Å². The molecule has 1 aliphatic rings. The van der Waals surface area contributed by atoms with E-state index in [1.54, 1.807) is 30.3 Å². The summed E-state index contributed by atoms with van der Waals surface area (Å²) >= 11 is 18.7. The maximum atomic E-state index is 13.8. The number of sulfonamides is 1. The van der Waals surface area contributed by atoms with Crippen LogP contribution in [0.2, 0.25) is 15.1 Å². The lowest BCUT2D eigenvalue weighted by Crippen LogP contribution is -2.31. The highest BCUT2D eigenvalue weighted by molar-refractivity contribution is 7.92. The molecule has 4 rings (SSSR count). The van der Waals surface area contributed by atoms with E-state index in [0.717, 1.165) is 31.6 Å². The molecular formula is C27H30Cl4N2O3S. The van der Waals surface area contributed by atoms with Gasteiger partial charge in [0.15, 0.2) is 0 Å². The van der Waals surface area contributed by atoms with Gasteiger partial charge in [-0.25, -0.2) is 8.42 Å². The first kappa shape index (κ1) is 29.9. The molecule has 0 atom stereocenters. The van der Waals surface area contributed by atoms with Gasteiger partial charge < -0.3 is 9.64 Å². The number of anilines is 1. The van der Waals surface area contributed by atoms with Crippen LogP contribution in [-0.4, -0.2) is 39.6 Å². The SMILES string of the molecule is Cl.O=S(=O)(c1ccc(Cl)cc1)N(Cc1ccccc1OCCCN1CCCCC1)c1cc(Cl)ccc1Cl. The highest BCUT2D eigenvalue weighted by Crippen LogP contribution is 2.35. The summed E-state index contributed by atoms with van der Waals surface area (Å²) < 4.78 is 35.0. The van der Waals surface area contributed by atoms with Crippen molar-refractivity contribution in [3.8, 4) is 5.75 Å². The summed E-state index contributed by atoms with van der Waals surface area (Å²) in [5.41, 5.74) is 1.02. The number of nitrogens with zero attached hydrogens (tertiary/aromatic N) is 2. The van der Waals surface area contributed by atoms with Crippen LogP contribution in [0.5, 0.6) is 5.75 Å². The summed E-state index contributed by atoms with van der Waals surface area (Å²) in [4.78, 5) is 2.57. The van der Waals surface area contributed by atoms with Gasteiger partial charge in [-0.05, 0) is 80.9 Å². The van der Waals surface area contributed by atoms with Crippen LogP contribution in [0.4, 0.5) is 5.69 Å². The van der Waals surface area contributed by atoms with Crippen LogP contribution in [-0.2, 0) is 16.6 Å². The fourth-order valence-electron chi connectivity index (χ4n) is 4.29. The van der Waals surface area contributed by atoms with Crippen molar-refractivity contribution in [2.45, 2.75) is 37.1 Å². The molecule has 1 saturated heterocycles. The predicted octanol–water partition coefficient (Wildman–Crippen LogP) is 7.72. The first-order valence-electron chi connectivity index (χ1n) is 12.0. The third-order valence-electron chi connectivity index (χ3n) is 6.19. The Hall–Kier alpha value is -1.67. The molecular weight excluding hydrogens is 574 g/mol. The fourth-order valence-corrected chi connectivity index (χ4v) is 6.31. The van der Waals surface area contributed by atoms with Gasteiger partial charge in [-0.15, -0.1) is 12.4 Å². The summed E-state index contributed by atoms with van der Waals surface area (Å²) in [6, 6.07) is 18.3. The molecule has 1 heterocycles. The van der Waals surface area contributed by atoms with Crippen molar-refractivity contribution in [3.05, 3.63) is 87.4 Å². The number of rotatable bonds is 10. The van der Waals surface area contributed by atoms with Gasteiger partial charge in [-0.1, -0.05) is 59.4 Å². The first-order valence-corrected chi connectivity index (χ1v) is 14.6. The molecule has 1 aliphatic heterocycles. The molecule has 0 aromatic heterocycles. The average Bonchev–Trinajstić information content (AvgIpc) is 2.88. The zero-order valence-electron chi connectivity index (χ0n) is 20.3. The van der Waals surface area contributed by atoms with E-state index >= 15 is 0 Å². The van der Waals surface area contributed by atoms with E-state index in [1.165, 1.54) is 35.7 Å². The molecule has 37 heavy (non-hydrogen) atoms. The smallest absolute Gasteiger partial charge is 0.264 e. The van der Waals surface area contributed by atoms with Gasteiger partial charge in [0.05, 0.1) is 28.8 Å². The quantitative estimate of drug-likeness (QED) is 0.223. The van der Waals surface area contributed by atoms with Crippen molar-refractivity contribution in [1.82, 2.24) is 4.90 Å².